The number of hydrogen-bond acceptors (Lipinski definition) is 6. The highest BCUT2D eigenvalue weighted by Gasteiger charge is 2.21. The molecule has 0 spiro atoms. The van der Waals surface area contributed by atoms with E-state index in [9.17, 15) is 18.5 Å². The maximum Gasteiger partial charge on any atom is 0.312 e. The van der Waals surface area contributed by atoms with Gasteiger partial charge in [0.25, 0.3) is 0 Å². The topological polar surface area (TPSA) is 125 Å². The van der Waals surface area contributed by atoms with Crippen molar-refractivity contribution >= 4 is 15.7 Å². The monoisotopic (exact) mass is 289 g/mol. The predicted molar refractivity (Wildman–Crippen MR) is 68.5 cm³/mol. The number of nitrogens with zero attached hydrogens (tertiary/aromatic N) is 1. The van der Waals surface area contributed by atoms with Crippen molar-refractivity contribution in [2.75, 3.05) is 20.2 Å². The van der Waals surface area contributed by atoms with Crippen LogP contribution in [0.5, 0.6) is 5.75 Å². The van der Waals surface area contributed by atoms with Crippen molar-refractivity contribution in [3.8, 4) is 5.75 Å². The molecule has 0 amide bonds. The average Bonchev–Trinajstić information content (AvgIpc) is 2.38. The Labute approximate surface area is 110 Å². The normalized spacial score (nSPS) is 11.3. The molecule has 0 saturated heterocycles. The minimum atomic E-state index is -3.78. The number of nitrogens with two attached hydrogens (primary N) is 1. The van der Waals surface area contributed by atoms with E-state index in [-0.39, 0.29) is 17.2 Å². The molecule has 0 saturated carbocycles. The highest BCUT2D eigenvalue weighted by molar-refractivity contribution is 7.89. The minimum Gasteiger partial charge on any atom is -0.490 e. The van der Waals surface area contributed by atoms with Gasteiger partial charge in [0.15, 0.2) is 5.75 Å². The van der Waals surface area contributed by atoms with Crippen molar-refractivity contribution in [2.45, 2.75) is 11.3 Å². The minimum absolute atomic E-state index is 0.00547. The molecule has 1 aromatic rings. The largest absolute Gasteiger partial charge is 0.490 e. The molecule has 0 unspecified atom stereocenters. The molecule has 0 aliphatic carbocycles. The van der Waals surface area contributed by atoms with Crippen LogP contribution in [0.2, 0.25) is 0 Å². The van der Waals surface area contributed by atoms with E-state index >= 15 is 0 Å². The number of sulfonamides is 1. The van der Waals surface area contributed by atoms with E-state index in [2.05, 4.69) is 4.72 Å². The molecule has 9 heteroatoms. The van der Waals surface area contributed by atoms with Crippen LogP contribution in [0, 0.1) is 10.1 Å². The molecule has 0 radical (unpaired) electrons. The lowest BCUT2D eigenvalue weighted by atomic mass is 10.3. The van der Waals surface area contributed by atoms with Crippen LogP contribution in [0.15, 0.2) is 23.1 Å². The highest BCUT2D eigenvalue weighted by atomic mass is 32.2. The molecular formula is C10H15N3O5S. The van der Waals surface area contributed by atoms with Gasteiger partial charge < -0.3 is 10.5 Å². The van der Waals surface area contributed by atoms with Gasteiger partial charge in [-0.2, -0.15) is 0 Å². The standard InChI is InChI=1S/C10H15N3O5S/c1-18-10-4-3-8(7-9(10)13(14)15)19(16,17)12-6-2-5-11/h3-4,7,12H,2,5-6,11H2,1H3. The first-order valence-corrected chi connectivity index (χ1v) is 6.93. The molecule has 0 heterocycles. The molecule has 0 aliphatic heterocycles. The fourth-order valence-corrected chi connectivity index (χ4v) is 2.47. The Morgan fingerprint density at radius 1 is 1.47 bits per heavy atom. The zero-order valence-electron chi connectivity index (χ0n) is 10.3. The highest BCUT2D eigenvalue weighted by Crippen LogP contribution is 2.29. The first-order valence-electron chi connectivity index (χ1n) is 5.44. The third-order valence-corrected chi connectivity index (χ3v) is 3.79. The van der Waals surface area contributed by atoms with Gasteiger partial charge in [0.05, 0.1) is 16.9 Å². The van der Waals surface area contributed by atoms with Gasteiger partial charge in [-0.25, -0.2) is 13.1 Å². The van der Waals surface area contributed by atoms with Gasteiger partial charge in [-0.15, -0.1) is 0 Å². The number of nitro groups is 1. The summed E-state index contributed by atoms with van der Waals surface area (Å²) in [6.07, 6.45) is 0.484. The summed E-state index contributed by atoms with van der Waals surface area (Å²) in [4.78, 5) is 9.93. The van der Waals surface area contributed by atoms with Crippen LogP contribution < -0.4 is 15.2 Å². The number of nitrogens with one attached hydrogen (secondary N) is 1. The first kappa shape index (κ1) is 15.3. The smallest absolute Gasteiger partial charge is 0.312 e. The molecule has 1 aromatic carbocycles. The molecule has 1 rings (SSSR count). The zero-order chi connectivity index (χ0) is 14.5. The predicted octanol–water partition coefficient (Wildman–Crippen LogP) is 0.231. The zero-order valence-corrected chi connectivity index (χ0v) is 11.1. The summed E-state index contributed by atoms with van der Waals surface area (Å²) in [6.45, 7) is 0.532. The molecule has 0 fully saturated rings. The third-order valence-electron chi connectivity index (χ3n) is 2.33. The fourth-order valence-electron chi connectivity index (χ4n) is 1.37. The Morgan fingerprint density at radius 3 is 2.68 bits per heavy atom. The van der Waals surface area contributed by atoms with Gasteiger partial charge in [-0.3, -0.25) is 10.1 Å². The van der Waals surface area contributed by atoms with Gasteiger partial charge in [0, 0.05) is 12.6 Å². The van der Waals surface area contributed by atoms with Crippen molar-refractivity contribution in [1.29, 1.82) is 0 Å². The van der Waals surface area contributed by atoms with Gasteiger partial charge in [0.2, 0.25) is 10.0 Å². The molecule has 19 heavy (non-hydrogen) atoms. The Kier molecular flexibility index (Phi) is 5.21. The summed E-state index contributed by atoms with van der Waals surface area (Å²) in [5.74, 6) is 0.00547. The van der Waals surface area contributed by atoms with Crippen LogP contribution in [0.4, 0.5) is 5.69 Å². The lowest BCUT2D eigenvalue weighted by Gasteiger charge is -2.07. The summed E-state index contributed by atoms with van der Waals surface area (Å²) >= 11 is 0. The summed E-state index contributed by atoms with van der Waals surface area (Å²) in [6, 6.07) is 3.45. The molecule has 106 valence electrons. The average molecular weight is 289 g/mol. The van der Waals surface area contributed by atoms with E-state index in [0.717, 1.165) is 6.07 Å². The fraction of sp³-hybridized carbons (Fsp3) is 0.400. The van der Waals surface area contributed by atoms with E-state index in [1.807, 2.05) is 0 Å². The molecule has 0 atom stereocenters. The van der Waals surface area contributed by atoms with E-state index < -0.39 is 20.6 Å². The number of hydrogen-bond donors (Lipinski definition) is 2. The molecule has 3 N–H and O–H groups in total. The molecule has 0 aromatic heterocycles. The summed E-state index contributed by atoms with van der Waals surface area (Å²) in [7, 11) is -2.51. The van der Waals surface area contributed by atoms with Crippen LogP contribution in [-0.2, 0) is 10.0 Å². The maximum absolute atomic E-state index is 11.9. The van der Waals surface area contributed by atoms with E-state index in [1.165, 1.54) is 19.2 Å². The molecule has 0 aliphatic rings. The third kappa shape index (κ3) is 3.88. The molecule has 8 nitrogen and oxygen atoms in total. The number of methoxy groups -OCH3 is 1. The lowest BCUT2D eigenvalue weighted by molar-refractivity contribution is -0.386. The van der Waals surface area contributed by atoms with E-state index in [0.29, 0.717) is 13.0 Å². The second-order valence-electron chi connectivity index (χ2n) is 3.63. The number of benzene rings is 1. The van der Waals surface area contributed by atoms with Crippen molar-refractivity contribution in [1.82, 2.24) is 4.72 Å². The summed E-state index contributed by atoms with van der Waals surface area (Å²) in [5, 5.41) is 10.8. The Balaban J connectivity index is 3.07. The van der Waals surface area contributed by atoms with E-state index in [4.69, 9.17) is 10.5 Å². The quantitative estimate of drug-likeness (QED) is 0.420. The van der Waals surface area contributed by atoms with Gasteiger partial charge in [-0.05, 0) is 25.1 Å². The Bertz CT molecular complexity index is 558. The SMILES string of the molecule is COc1ccc(S(=O)(=O)NCCCN)cc1[N+](=O)[O-]. The van der Waals surface area contributed by atoms with Crippen LogP contribution in [0.3, 0.4) is 0 Å². The Morgan fingerprint density at radius 2 is 2.16 bits per heavy atom. The van der Waals surface area contributed by atoms with Crippen molar-refractivity contribution < 1.29 is 18.1 Å². The molecular weight excluding hydrogens is 274 g/mol. The number of nitro benzene ring substituents is 1. The van der Waals surface area contributed by atoms with Crippen molar-refractivity contribution in [3.05, 3.63) is 28.3 Å². The van der Waals surface area contributed by atoms with E-state index in [1.54, 1.807) is 0 Å². The van der Waals surface area contributed by atoms with Crippen molar-refractivity contribution in [2.24, 2.45) is 5.73 Å². The van der Waals surface area contributed by atoms with Crippen LogP contribution >= 0.6 is 0 Å². The second kappa shape index (κ2) is 6.45. The van der Waals surface area contributed by atoms with Crippen LogP contribution in [0.25, 0.3) is 0 Å². The van der Waals surface area contributed by atoms with Gasteiger partial charge in [-0.1, -0.05) is 0 Å². The van der Waals surface area contributed by atoms with Crippen molar-refractivity contribution in [3.63, 3.8) is 0 Å². The number of rotatable bonds is 7. The van der Waals surface area contributed by atoms with Crippen LogP contribution in [0.1, 0.15) is 6.42 Å². The summed E-state index contributed by atoms with van der Waals surface area (Å²) in [5.41, 5.74) is 4.86. The first-order chi connectivity index (χ1) is 8.92. The maximum atomic E-state index is 11.9. The van der Waals surface area contributed by atoms with Gasteiger partial charge in [0.1, 0.15) is 0 Å². The summed E-state index contributed by atoms with van der Waals surface area (Å²) < 4.78 is 30.8. The Hall–Kier alpha value is -1.71. The van der Waals surface area contributed by atoms with Gasteiger partial charge >= 0.3 is 5.69 Å². The number of ether oxygens (including phenoxy) is 1. The molecule has 0 bridgehead atoms. The second-order valence-corrected chi connectivity index (χ2v) is 5.40. The van der Waals surface area contributed by atoms with Crippen LogP contribution in [-0.4, -0.2) is 33.5 Å². The lowest BCUT2D eigenvalue weighted by Crippen LogP contribution is -2.26.